The summed E-state index contributed by atoms with van der Waals surface area (Å²) in [5.41, 5.74) is 0.796. The van der Waals surface area contributed by atoms with E-state index in [4.69, 9.17) is 9.84 Å². The molecule has 0 heterocycles. The van der Waals surface area contributed by atoms with E-state index in [1.54, 1.807) is 18.2 Å². The first-order valence-electron chi connectivity index (χ1n) is 3.31. The lowest BCUT2D eigenvalue weighted by Gasteiger charge is -2.01. The number of hydrogen-bond acceptors (Lipinski definition) is 2. The van der Waals surface area contributed by atoms with E-state index in [2.05, 4.69) is 6.58 Å². The van der Waals surface area contributed by atoms with Crippen LogP contribution in [0.15, 0.2) is 31.0 Å². The third-order valence-corrected chi connectivity index (χ3v) is 1.39. The van der Waals surface area contributed by atoms with Crippen LogP contribution in [-0.2, 0) is 0 Å². The highest BCUT2D eigenvalue weighted by Crippen LogP contribution is 2.21. The Hall–Kier alpha value is -1.44. The van der Waals surface area contributed by atoms with Crippen LogP contribution in [0.5, 0.6) is 11.5 Å². The first-order valence-corrected chi connectivity index (χ1v) is 3.31. The van der Waals surface area contributed by atoms with Gasteiger partial charge in [-0.3, -0.25) is 0 Å². The van der Waals surface area contributed by atoms with E-state index in [-0.39, 0.29) is 5.75 Å². The maximum atomic E-state index is 9.13. The SMILES string of the molecule is C=COc1ccc(O)c(C)c1. The molecule has 0 spiro atoms. The van der Waals surface area contributed by atoms with Crippen LogP contribution in [0.2, 0.25) is 0 Å². The molecular weight excluding hydrogens is 140 g/mol. The van der Waals surface area contributed by atoms with Crippen molar-refractivity contribution in [3.05, 3.63) is 36.6 Å². The van der Waals surface area contributed by atoms with Gasteiger partial charge in [0.25, 0.3) is 0 Å². The van der Waals surface area contributed by atoms with Gasteiger partial charge < -0.3 is 9.84 Å². The second kappa shape index (κ2) is 3.10. The summed E-state index contributed by atoms with van der Waals surface area (Å²) in [4.78, 5) is 0. The first-order chi connectivity index (χ1) is 5.24. The summed E-state index contributed by atoms with van der Waals surface area (Å²) in [5, 5.41) is 9.13. The Bertz CT molecular complexity index is 266. The average Bonchev–Trinajstić information content (AvgIpc) is 1.98. The van der Waals surface area contributed by atoms with Crippen molar-refractivity contribution in [3.8, 4) is 11.5 Å². The van der Waals surface area contributed by atoms with E-state index in [0.717, 1.165) is 5.56 Å². The molecule has 0 aliphatic rings. The van der Waals surface area contributed by atoms with Crippen LogP contribution < -0.4 is 4.74 Å². The summed E-state index contributed by atoms with van der Waals surface area (Å²) >= 11 is 0. The second-order valence-corrected chi connectivity index (χ2v) is 2.23. The van der Waals surface area contributed by atoms with Gasteiger partial charge in [-0.1, -0.05) is 6.58 Å². The van der Waals surface area contributed by atoms with E-state index in [0.29, 0.717) is 5.75 Å². The largest absolute Gasteiger partial charge is 0.508 e. The van der Waals surface area contributed by atoms with Gasteiger partial charge in [-0.15, -0.1) is 0 Å². The van der Waals surface area contributed by atoms with Crippen molar-refractivity contribution in [2.75, 3.05) is 0 Å². The number of rotatable bonds is 2. The van der Waals surface area contributed by atoms with E-state index < -0.39 is 0 Å². The maximum absolute atomic E-state index is 9.13. The highest BCUT2D eigenvalue weighted by atomic mass is 16.5. The Labute approximate surface area is 65.7 Å². The van der Waals surface area contributed by atoms with E-state index in [9.17, 15) is 0 Å². The van der Waals surface area contributed by atoms with Crippen LogP contribution in [0.1, 0.15) is 5.56 Å². The molecule has 0 aliphatic carbocycles. The molecule has 1 rings (SSSR count). The van der Waals surface area contributed by atoms with Gasteiger partial charge in [-0.2, -0.15) is 0 Å². The summed E-state index contributed by atoms with van der Waals surface area (Å²) in [5.74, 6) is 0.969. The lowest BCUT2D eigenvalue weighted by Crippen LogP contribution is -1.81. The number of ether oxygens (including phenoxy) is 1. The van der Waals surface area contributed by atoms with Gasteiger partial charge in [-0.05, 0) is 30.7 Å². The molecule has 0 aromatic heterocycles. The summed E-state index contributed by atoms with van der Waals surface area (Å²) in [6.07, 6.45) is 1.35. The van der Waals surface area contributed by atoms with Gasteiger partial charge in [0.05, 0.1) is 6.26 Å². The number of benzene rings is 1. The zero-order valence-electron chi connectivity index (χ0n) is 6.37. The fourth-order valence-electron chi connectivity index (χ4n) is 0.797. The summed E-state index contributed by atoms with van der Waals surface area (Å²) in [6.45, 7) is 5.23. The van der Waals surface area contributed by atoms with E-state index in [1.807, 2.05) is 6.92 Å². The predicted molar refractivity (Wildman–Crippen MR) is 43.7 cm³/mol. The number of phenolic OH excluding ortho intramolecular Hbond substituents is 1. The van der Waals surface area contributed by atoms with Crippen LogP contribution in [-0.4, -0.2) is 5.11 Å². The average molecular weight is 150 g/mol. The van der Waals surface area contributed by atoms with Gasteiger partial charge in [0.15, 0.2) is 0 Å². The Balaban J connectivity index is 2.95. The molecule has 1 N–H and O–H groups in total. The molecule has 1 aromatic rings. The minimum atomic E-state index is 0.279. The smallest absolute Gasteiger partial charge is 0.127 e. The van der Waals surface area contributed by atoms with Gasteiger partial charge in [0, 0.05) is 0 Å². The molecule has 11 heavy (non-hydrogen) atoms. The van der Waals surface area contributed by atoms with Gasteiger partial charge in [-0.25, -0.2) is 0 Å². The Morgan fingerprint density at radius 2 is 2.27 bits per heavy atom. The van der Waals surface area contributed by atoms with E-state index in [1.165, 1.54) is 6.26 Å². The van der Waals surface area contributed by atoms with Crippen molar-refractivity contribution in [3.63, 3.8) is 0 Å². The minimum Gasteiger partial charge on any atom is -0.508 e. The van der Waals surface area contributed by atoms with E-state index >= 15 is 0 Å². The van der Waals surface area contributed by atoms with Crippen molar-refractivity contribution in [2.24, 2.45) is 0 Å². The summed E-state index contributed by atoms with van der Waals surface area (Å²) in [6, 6.07) is 5.02. The number of hydrogen-bond donors (Lipinski definition) is 1. The van der Waals surface area contributed by atoms with Crippen LogP contribution in [0.25, 0.3) is 0 Å². The molecule has 0 amide bonds. The molecule has 58 valence electrons. The summed E-state index contributed by atoms with van der Waals surface area (Å²) in [7, 11) is 0. The summed E-state index contributed by atoms with van der Waals surface area (Å²) < 4.78 is 4.99. The predicted octanol–water partition coefficient (Wildman–Crippen LogP) is 2.22. The monoisotopic (exact) mass is 150 g/mol. The maximum Gasteiger partial charge on any atom is 0.127 e. The normalized spacial score (nSPS) is 9.18. The van der Waals surface area contributed by atoms with Gasteiger partial charge in [0.2, 0.25) is 0 Å². The van der Waals surface area contributed by atoms with Crippen molar-refractivity contribution in [2.45, 2.75) is 6.92 Å². The highest BCUT2D eigenvalue weighted by Gasteiger charge is 1.96. The number of aryl methyl sites for hydroxylation is 1. The Morgan fingerprint density at radius 3 is 2.82 bits per heavy atom. The molecule has 0 saturated heterocycles. The third kappa shape index (κ3) is 1.74. The molecule has 1 aromatic carbocycles. The first kappa shape index (κ1) is 7.66. The van der Waals surface area contributed by atoms with Crippen LogP contribution in [0.4, 0.5) is 0 Å². The van der Waals surface area contributed by atoms with Crippen molar-refractivity contribution >= 4 is 0 Å². The fourth-order valence-corrected chi connectivity index (χ4v) is 0.797. The molecule has 0 radical (unpaired) electrons. The molecule has 0 fully saturated rings. The Kier molecular flexibility index (Phi) is 2.16. The second-order valence-electron chi connectivity index (χ2n) is 2.23. The van der Waals surface area contributed by atoms with Crippen molar-refractivity contribution in [1.29, 1.82) is 0 Å². The molecule has 0 unspecified atom stereocenters. The van der Waals surface area contributed by atoms with Crippen LogP contribution in [0, 0.1) is 6.92 Å². The molecule has 2 nitrogen and oxygen atoms in total. The molecule has 0 aliphatic heterocycles. The van der Waals surface area contributed by atoms with Gasteiger partial charge >= 0.3 is 0 Å². The molecule has 2 heteroatoms. The molecular formula is C9H10O2. The quantitative estimate of drug-likeness (QED) is 0.655. The molecule has 0 bridgehead atoms. The lowest BCUT2D eigenvalue weighted by molar-refractivity contribution is 0.460. The highest BCUT2D eigenvalue weighted by molar-refractivity contribution is 5.38. The molecule has 0 atom stereocenters. The standard InChI is InChI=1S/C9H10O2/c1-3-11-8-4-5-9(10)7(2)6-8/h3-6,10H,1H2,2H3. The van der Waals surface area contributed by atoms with Gasteiger partial charge in [0.1, 0.15) is 11.5 Å². The van der Waals surface area contributed by atoms with Crippen LogP contribution in [0.3, 0.4) is 0 Å². The van der Waals surface area contributed by atoms with Crippen LogP contribution >= 0.6 is 0 Å². The van der Waals surface area contributed by atoms with Crippen molar-refractivity contribution < 1.29 is 9.84 Å². The molecule has 0 saturated carbocycles. The third-order valence-electron chi connectivity index (χ3n) is 1.39. The lowest BCUT2D eigenvalue weighted by atomic mass is 10.2. The zero-order chi connectivity index (χ0) is 8.27. The van der Waals surface area contributed by atoms with Crippen molar-refractivity contribution in [1.82, 2.24) is 0 Å². The fraction of sp³-hybridized carbons (Fsp3) is 0.111. The minimum absolute atomic E-state index is 0.279. The number of aromatic hydroxyl groups is 1. The zero-order valence-corrected chi connectivity index (χ0v) is 6.37. The Morgan fingerprint density at radius 1 is 1.55 bits per heavy atom. The topological polar surface area (TPSA) is 29.5 Å². The number of phenols is 1.